The van der Waals surface area contributed by atoms with E-state index < -0.39 is 43.0 Å². The quantitative estimate of drug-likeness (QED) is 0.521. The lowest BCUT2D eigenvalue weighted by atomic mass is 9.90. The fourth-order valence-corrected chi connectivity index (χ4v) is 5.99. The standard InChI is InChI=1S/C24H25F2N3O5Si/c1-33-21-6-5-14-17(27-21)7-8-29(24(32)19-12-20(31)28-34-19)22(14)18(30)11-13-9-15(25)23(16(26)10-13)35(2,3)4/h5-6,9-10,12,22H,7-8,11H2,1-4H3,(H,28,31)/t22-/m1/s1. The van der Waals surface area contributed by atoms with Gasteiger partial charge in [-0.3, -0.25) is 14.4 Å². The van der Waals surface area contributed by atoms with Gasteiger partial charge in [-0.05, 0) is 23.8 Å². The van der Waals surface area contributed by atoms with Crippen LogP contribution in [0.4, 0.5) is 8.78 Å². The number of H-pyrrole nitrogens is 1. The second-order valence-corrected chi connectivity index (χ2v) is 14.4. The number of aromatic nitrogens is 2. The molecule has 0 radical (unpaired) electrons. The molecule has 1 aromatic carbocycles. The van der Waals surface area contributed by atoms with Crippen LogP contribution < -0.4 is 15.5 Å². The average molecular weight is 502 g/mol. The van der Waals surface area contributed by atoms with Crippen molar-refractivity contribution in [2.75, 3.05) is 13.7 Å². The number of carbonyl (C=O) groups excluding carboxylic acids is 2. The number of ketones is 1. The lowest BCUT2D eigenvalue weighted by molar-refractivity contribution is -0.123. The Bertz CT molecular complexity index is 1340. The molecule has 1 amide bonds. The summed E-state index contributed by atoms with van der Waals surface area (Å²) in [7, 11) is -0.813. The van der Waals surface area contributed by atoms with Crippen LogP contribution >= 0.6 is 0 Å². The number of Topliss-reactive ketones (excluding diaryl/α,β-unsaturated/α-hetero) is 1. The number of carbonyl (C=O) groups is 2. The van der Waals surface area contributed by atoms with E-state index in [1.165, 1.54) is 24.1 Å². The molecule has 1 N–H and O–H groups in total. The first kappa shape index (κ1) is 24.5. The summed E-state index contributed by atoms with van der Waals surface area (Å²) in [5.74, 6) is -2.35. The Balaban J connectivity index is 1.72. The predicted octanol–water partition coefficient (Wildman–Crippen LogP) is 2.75. The molecule has 0 fully saturated rings. The van der Waals surface area contributed by atoms with Crippen LogP contribution in [0.1, 0.15) is 33.4 Å². The summed E-state index contributed by atoms with van der Waals surface area (Å²) in [4.78, 5) is 43.9. The third-order valence-corrected chi connectivity index (χ3v) is 7.90. The Kier molecular flexibility index (Phi) is 6.45. The zero-order valence-corrected chi connectivity index (χ0v) is 20.8. The molecular formula is C24H25F2N3O5Si. The molecule has 4 rings (SSSR count). The lowest BCUT2D eigenvalue weighted by Crippen LogP contribution is -2.44. The fraction of sp³-hybridized carbons (Fsp3) is 0.333. The fourth-order valence-electron chi connectivity index (χ4n) is 4.42. The number of hydrogen-bond donors (Lipinski definition) is 1. The molecule has 0 bridgehead atoms. The summed E-state index contributed by atoms with van der Waals surface area (Å²) in [5, 5.41) is 2.14. The number of pyridine rings is 1. The van der Waals surface area contributed by atoms with Crippen molar-refractivity contribution in [3.63, 3.8) is 0 Å². The summed E-state index contributed by atoms with van der Waals surface area (Å²) in [5.41, 5.74) is 0.635. The minimum absolute atomic E-state index is 0.0762. The van der Waals surface area contributed by atoms with Crippen LogP contribution in [-0.2, 0) is 17.6 Å². The molecular weight excluding hydrogens is 476 g/mol. The van der Waals surface area contributed by atoms with E-state index >= 15 is 0 Å². The molecule has 3 aromatic rings. The minimum Gasteiger partial charge on any atom is -0.481 e. The van der Waals surface area contributed by atoms with Crippen molar-refractivity contribution in [1.29, 1.82) is 0 Å². The van der Waals surface area contributed by atoms with E-state index in [2.05, 4.69) is 10.1 Å². The summed E-state index contributed by atoms with van der Waals surface area (Å²) in [6.45, 7) is 5.63. The van der Waals surface area contributed by atoms with E-state index in [0.717, 1.165) is 6.07 Å². The smallest absolute Gasteiger partial charge is 0.293 e. The van der Waals surface area contributed by atoms with Gasteiger partial charge in [0, 0.05) is 36.2 Å². The first-order valence-corrected chi connectivity index (χ1v) is 14.5. The van der Waals surface area contributed by atoms with E-state index in [1.807, 2.05) is 19.6 Å². The molecule has 35 heavy (non-hydrogen) atoms. The number of halogens is 2. The highest BCUT2D eigenvalue weighted by Gasteiger charge is 2.38. The van der Waals surface area contributed by atoms with E-state index in [4.69, 9.17) is 9.26 Å². The maximum absolute atomic E-state index is 14.8. The molecule has 0 unspecified atom stereocenters. The zero-order valence-electron chi connectivity index (χ0n) is 19.8. The van der Waals surface area contributed by atoms with E-state index in [1.54, 1.807) is 12.1 Å². The van der Waals surface area contributed by atoms with Crippen LogP contribution in [0, 0.1) is 11.6 Å². The van der Waals surface area contributed by atoms with Gasteiger partial charge in [-0.1, -0.05) is 19.6 Å². The van der Waals surface area contributed by atoms with Crippen molar-refractivity contribution in [3.05, 3.63) is 74.9 Å². The van der Waals surface area contributed by atoms with Crippen molar-refractivity contribution in [3.8, 4) is 5.88 Å². The molecule has 0 saturated carbocycles. The van der Waals surface area contributed by atoms with Gasteiger partial charge in [0.25, 0.3) is 11.5 Å². The Hall–Kier alpha value is -3.60. The van der Waals surface area contributed by atoms with Crippen molar-refractivity contribution in [2.45, 2.75) is 38.5 Å². The predicted molar refractivity (Wildman–Crippen MR) is 126 cm³/mol. The van der Waals surface area contributed by atoms with Crippen molar-refractivity contribution in [1.82, 2.24) is 15.0 Å². The van der Waals surface area contributed by atoms with E-state index in [-0.39, 0.29) is 29.5 Å². The molecule has 0 saturated heterocycles. The van der Waals surface area contributed by atoms with E-state index in [0.29, 0.717) is 23.6 Å². The summed E-state index contributed by atoms with van der Waals surface area (Å²) in [6.07, 6.45) is 0.0295. The molecule has 1 atom stereocenters. The van der Waals surface area contributed by atoms with Crippen LogP contribution in [0.25, 0.3) is 0 Å². The summed E-state index contributed by atoms with van der Waals surface area (Å²) < 4.78 is 39.7. The molecule has 0 aliphatic carbocycles. The highest BCUT2D eigenvalue weighted by molar-refractivity contribution is 6.88. The van der Waals surface area contributed by atoms with Gasteiger partial charge < -0.3 is 14.2 Å². The van der Waals surface area contributed by atoms with Crippen LogP contribution in [-0.4, -0.2) is 48.5 Å². The van der Waals surface area contributed by atoms with E-state index in [9.17, 15) is 23.2 Å². The molecule has 11 heteroatoms. The number of nitrogens with zero attached hydrogens (tertiary/aromatic N) is 2. The molecule has 1 aliphatic heterocycles. The molecule has 2 aromatic heterocycles. The van der Waals surface area contributed by atoms with Crippen LogP contribution in [0.15, 0.2) is 39.6 Å². The summed E-state index contributed by atoms with van der Waals surface area (Å²) in [6, 6.07) is 5.50. The zero-order chi connectivity index (χ0) is 25.5. The van der Waals surface area contributed by atoms with Crippen LogP contribution in [0.3, 0.4) is 0 Å². The van der Waals surface area contributed by atoms with Crippen LogP contribution in [0.2, 0.25) is 19.6 Å². The van der Waals surface area contributed by atoms with Crippen LogP contribution in [0.5, 0.6) is 5.88 Å². The Morgan fingerprint density at radius 3 is 2.46 bits per heavy atom. The number of rotatable bonds is 6. The van der Waals surface area contributed by atoms with Gasteiger partial charge in [0.15, 0.2) is 5.78 Å². The highest BCUT2D eigenvalue weighted by Crippen LogP contribution is 2.33. The first-order chi connectivity index (χ1) is 16.5. The number of aromatic amines is 1. The molecule has 8 nitrogen and oxygen atoms in total. The Labute approximate surface area is 200 Å². The SMILES string of the molecule is COc1ccc2c(n1)CCN(C(=O)c1cc(=O)[nH]o1)[C@H]2C(=O)Cc1cc(F)c([Si](C)(C)C)c(F)c1. The van der Waals surface area contributed by atoms with Crippen molar-refractivity contribution < 1.29 is 27.6 Å². The van der Waals surface area contributed by atoms with Crippen molar-refractivity contribution >= 4 is 25.0 Å². The van der Waals surface area contributed by atoms with Gasteiger partial charge in [-0.25, -0.2) is 13.8 Å². The topological polar surface area (TPSA) is 106 Å². The number of ether oxygens (including phenoxy) is 1. The molecule has 0 spiro atoms. The third-order valence-electron chi connectivity index (χ3n) is 5.92. The van der Waals surface area contributed by atoms with Gasteiger partial charge in [-0.2, -0.15) is 5.16 Å². The maximum Gasteiger partial charge on any atom is 0.293 e. The molecule has 3 heterocycles. The Morgan fingerprint density at radius 1 is 1.20 bits per heavy atom. The van der Waals surface area contributed by atoms with Gasteiger partial charge in [0.1, 0.15) is 17.7 Å². The minimum atomic E-state index is -2.28. The number of hydrogen-bond acceptors (Lipinski definition) is 6. The number of amides is 1. The van der Waals surface area contributed by atoms with Gasteiger partial charge >= 0.3 is 0 Å². The number of fused-ring (bicyclic) bond motifs is 1. The maximum atomic E-state index is 14.8. The largest absolute Gasteiger partial charge is 0.481 e. The number of benzene rings is 1. The molecule has 1 aliphatic rings. The first-order valence-electron chi connectivity index (χ1n) is 11.0. The van der Waals surface area contributed by atoms with Gasteiger partial charge in [-0.15, -0.1) is 0 Å². The normalized spacial score (nSPS) is 15.6. The second-order valence-electron chi connectivity index (χ2n) is 9.45. The molecule has 184 valence electrons. The monoisotopic (exact) mass is 501 g/mol. The summed E-state index contributed by atoms with van der Waals surface area (Å²) >= 11 is 0. The second kappa shape index (κ2) is 9.21. The number of methoxy groups -OCH3 is 1. The number of nitrogens with one attached hydrogen (secondary N) is 1. The van der Waals surface area contributed by atoms with Crippen molar-refractivity contribution in [2.24, 2.45) is 0 Å². The average Bonchev–Trinajstić information content (AvgIpc) is 3.22. The Morgan fingerprint density at radius 2 is 1.89 bits per heavy atom. The lowest BCUT2D eigenvalue weighted by Gasteiger charge is -2.35. The van der Waals surface area contributed by atoms with Gasteiger partial charge in [0.05, 0.1) is 26.9 Å². The van der Waals surface area contributed by atoms with Gasteiger partial charge in [0.2, 0.25) is 11.6 Å². The highest BCUT2D eigenvalue weighted by atomic mass is 28.3. The third kappa shape index (κ3) is 4.81.